The summed E-state index contributed by atoms with van der Waals surface area (Å²) in [6.45, 7) is 5.30. The molecule has 1 atom stereocenters. The van der Waals surface area contributed by atoms with Crippen molar-refractivity contribution in [1.82, 2.24) is 10.2 Å². The van der Waals surface area contributed by atoms with Crippen molar-refractivity contribution in [2.75, 3.05) is 20.6 Å². The number of esters is 1. The number of hydrogen-bond acceptors (Lipinski definition) is 6. The third kappa shape index (κ3) is 9.79. The second-order valence-corrected chi connectivity index (χ2v) is 6.15. The Kier molecular flexibility index (Phi) is 8.22. The monoisotopic (exact) mass is 313 g/mol. The van der Waals surface area contributed by atoms with E-state index < -0.39 is 17.6 Å². The van der Waals surface area contributed by atoms with Crippen molar-refractivity contribution < 1.29 is 23.9 Å². The van der Waals surface area contributed by atoms with E-state index in [-0.39, 0.29) is 31.1 Å². The van der Waals surface area contributed by atoms with Crippen molar-refractivity contribution in [3.8, 4) is 0 Å². The molecule has 22 heavy (non-hydrogen) atoms. The van der Waals surface area contributed by atoms with Crippen molar-refractivity contribution in [2.24, 2.45) is 0 Å². The van der Waals surface area contributed by atoms with Crippen LogP contribution in [0, 0.1) is 5.53 Å². The number of ketones is 1. The van der Waals surface area contributed by atoms with Gasteiger partial charge in [-0.25, -0.2) is 4.79 Å². The van der Waals surface area contributed by atoms with Gasteiger partial charge in [-0.15, -0.1) is 0 Å². The van der Waals surface area contributed by atoms with E-state index in [4.69, 9.17) is 10.3 Å². The lowest BCUT2D eigenvalue weighted by atomic mass is 10.1. The first-order chi connectivity index (χ1) is 10.0. The van der Waals surface area contributed by atoms with Crippen LogP contribution in [0.5, 0.6) is 0 Å². The molecule has 0 aromatic carbocycles. The summed E-state index contributed by atoms with van der Waals surface area (Å²) in [4.78, 5) is 39.8. The van der Waals surface area contributed by atoms with E-state index >= 15 is 0 Å². The maximum absolute atomic E-state index is 12.1. The third-order valence-corrected chi connectivity index (χ3v) is 2.37. The number of carbonyl (C=O) groups is 3. The highest BCUT2D eigenvalue weighted by Gasteiger charge is 2.27. The number of Topliss-reactive ketones (excluding diaryl/α,β-unsaturated/α-hetero) is 1. The molecule has 2 N–H and O–H groups in total. The van der Waals surface area contributed by atoms with Crippen LogP contribution < -0.4 is 5.32 Å². The van der Waals surface area contributed by atoms with Crippen molar-refractivity contribution in [3.05, 3.63) is 0 Å². The molecule has 0 aliphatic rings. The summed E-state index contributed by atoms with van der Waals surface area (Å²) in [6, 6.07) is -0.908. The molecule has 124 valence electrons. The molecule has 0 radical (unpaired) electrons. The summed E-state index contributed by atoms with van der Waals surface area (Å²) in [7, 11) is 3.46. The second-order valence-electron chi connectivity index (χ2n) is 6.15. The minimum Gasteiger partial charge on any atom is -0.458 e. The smallest absolute Gasteiger partial charge is 0.372 e. The van der Waals surface area contributed by atoms with Crippen LogP contribution in [0.15, 0.2) is 0 Å². The SMILES string of the molecule is CN(C)CC(=O)N[C@@H](CCC(=O)C=[N+]=N)C(=O)OC(C)(C)C. The number of carbonyl (C=O) groups excluding carboxylic acids is 3. The highest BCUT2D eigenvalue weighted by Crippen LogP contribution is 2.11. The summed E-state index contributed by atoms with van der Waals surface area (Å²) < 4.78 is 5.25. The summed E-state index contributed by atoms with van der Waals surface area (Å²) in [5.74, 6) is -1.30. The Morgan fingerprint density at radius 2 is 1.91 bits per heavy atom. The first-order valence-electron chi connectivity index (χ1n) is 6.94. The number of nitrogens with one attached hydrogen (secondary N) is 2. The van der Waals surface area contributed by atoms with Crippen LogP contribution in [-0.4, -0.2) is 65.8 Å². The minimum absolute atomic E-state index is 0.00542. The molecule has 0 spiro atoms. The fraction of sp³-hybridized carbons (Fsp3) is 0.714. The fourth-order valence-electron chi connectivity index (χ4n) is 1.57. The molecular weight excluding hydrogens is 288 g/mol. The molecular formula is C14H25N4O4+. The van der Waals surface area contributed by atoms with E-state index in [1.54, 1.807) is 39.8 Å². The van der Waals surface area contributed by atoms with E-state index in [1.165, 1.54) is 0 Å². The van der Waals surface area contributed by atoms with Crippen LogP contribution in [0.2, 0.25) is 0 Å². The zero-order chi connectivity index (χ0) is 17.3. The van der Waals surface area contributed by atoms with Crippen LogP contribution in [0.4, 0.5) is 0 Å². The molecule has 0 aliphatic heterocycles. The molecule has 0 aromatic rings. The summed E-state index contributed by atoms with van der Waals surface area (Å²) in [5, 5.41) is 2.57. The summed E-state index contributed by atoms with van der Waals surface area (Å²) >= 11 is 0. The number of hydrogen-bond donors (Lipinski definition) is 2. The summed E-state index contributed by atoms with van der Waals surface area (Å²) in [6.07, 6.45) is 0.960. The molecule has 0 unspecified atom stereocenters. The first kappa shape index (κ1) is 19.9. The third-order valence-electron chi connectivity index (χ3n) is 2.37. The molecule has 0 saturated carbocycles. The van der Waals surface area contributed by atoms with E-state index in [0.29, 0.717) is 0 Å². The molecule has 0 rings (SSSR count). The van der Waals surface area contributed by atoms with Gasteiger partial charge in [0, 0.05) is 6.42 Å². The Hall–Kier alpha value is -2.05. The lowest BCUT2D eigenvalue weighted by Gasteiger charge is -2.24. The summed E-state index contributed by atoms with van der Waals surface area (Å²) in [5.41, 5.74) is 5.91. The van der Waals surface area contributed by atoms with Crippen LogP contribution in [0.1, 0.15) is 33.6 Å². The second kappa shape index (κ2) is 9.07. The fourth-order valence-corrected chi connectivity index (χ4v) is 1.57. The Morgan fingerprint density at radius 3 is 2.36 bits per heavy atom. The number of ether oxygens (including phenoxy) is 1. The van der Waals surface area contributed by atoms with E-state index in [0.717, 1.165) is 6.21 Å². The Labute approximate surface area is 130 Å². The lowest BCUT2D eigenvalue weighted by Crippen LogP contribution is -2.47. The molecule has 0 aromatic heterocycles. The van der Waals surface area contributed by atoms with Gasteiger partial charge in [0.25, 0.3) is 0 Å². The van der Waals surface area contributed by atoms with Crippen LogP contribution in [-0.2, 0) is 19.1 Å². The van der Waals surface area contributed by atoms with E-state index in [2.05, 4.69) is 10.1 Å². The van der Waals surface area contributed by atoms with E-state index in [9.17, 15) is 14.4 Å². The van der Waals surface area contributed by atoms with Gasteiger partial charge in [0.15, 0.2) is 0 Å². The van der Waals surface area contributed by atoms with Crippen molar-refractivity contribution in [3.63, 3.8) is 0 Å². The first-order valence-corrected chi connectivity index (χ1v) is 6.94. The Bertz CT molecular complexity index is 462. The van der Waals surface area contributed by atoms with Crippen LogP contribution >= 0.6 is 0 Å². The molecule has 0 aliphatic carbocycles. The van der Waals surface area contributed by atoms with Crippen molar-refractivity contribution in [2.45, 2.75) is 45.3 Å². The van der Waals surface area contributed by atoms with Gasteiger partial charge in [0.05, 0.1) is 16.9 Å². The Morgan fingerprint density at radius 1 is 1.32 bits per heavy atom. The van der Waals surface area contributed by atoms with Crippen molar-refractivity contribution in [1.29, 1.82) is 5.53 Å². The van der Waals surface area contributed by atoms with Crippen LogP contribution in [0.3, 0.4) is 0 Å². The lowest BCUT2D eigenvalue weighted by molar-refractivity contribution is -0.159. The maximum atomic E-state index is 12.1. The van der Waals surface area contributed by atoms with Gasteiger partial charge in [-0.2, -0.15) is 0 Å². The number of likely N-dealkylation sites (N-methyl/N-ethyl adjacent to an activating group) is 1. The van der Waals surface area contributed by atoms with Gasteiger partial charge in [0.2, 0.25) is 11.7 Å². The topological polar surface area (TPSA) is 114 Å². The number of rotatable bonds is 8. The molecule has 0 bridgehead atoms. The zero-order valence-electron chi connectivity index (χ0n) is 13.8. The molecule has 0 heterocycles. The maximum Gasteiger partial charge on any atom is 0.372 e. The largest absolute Gasteiger partial charge is 0.458 e. The highest BCUT2D eigenvalue weighted by molar-refractivity contribution is 6.25. The zero-order valence-corrected chi connectivity index (χ0v) is 13.8. The predicted octanol–water partition coefficient (Wildman–Crippen LogP) is 0.0338. The highest BCUT2D eigenvalue weighted by atomic mass is 16.6. The molecule has 8 heteroatoms. The average Bonchev–Trinajstić information content (AvgIpc) is 2.31. The molecule has 0 saturated heterocycles. The van der Waals surface area contributed by atoms with Gasteiger partial charge in [-0.1, -0.05) is 0 Å². The molecule has 0 fully saturated rings. The quantitative estimate of drug-likeness (QED) is 0.284. The minimum atomic E-state index is -0.908. The molecule has 8 nitrogen and oxygen atoms in total. The van der Waals surface area contributed by atoms with Gasteiger partial charge in [-0.3, -0.25) is 9.59 Å². The number of nitrogens with zero attached hydrogens (tertiary/aromatic N) is 2. The predicted molar refractivity (Wildman–Crippen MR) is 79.6 cm³/mol. The van der Waals surface area contributed by atoms with Gasteiger partial charge in [0.1, 0.15) is 11.6 Å². The van der Waals surface area contributed by atoms with Gasteiger partial charge in [-0.05, 0) is 41.3 Å². The standard InChI is InChI=1S/C14H24N4O4/c1-14(2,3)22-13(21)11(7-6-10(19)8-16-15)17-12(20)9-18(4)5/h8,11,15H,6-7,9H2,1-5H3/p+1/t11-/m0/s1. The normalized spacial score (nSPS) is 12.3. The van der Waals surface area contributed by atoms with Gasteiger partial charge < -0.3 is 15.0 Å². The van der Waals surface area contributed by atoms with Crippen LogP contribution in [0.25, 0.3) is 0 Å². The van der Waals surface area contributed by atoms with E-state index in [1.807, 2.05) is 0 Å². The molecule has 1 amide bonds. The number of amides is 1. The average molecular weight is 313 g/mol. The van der Waals surface area contributed by atoms with Crippen molar-refractivity contribution >= 4 is 23.9 Å². The van der Waals surface area contributed by atoms with Gasteiger partial charge >= 0.3 is 12.2 Å². The Balaban J connectivity index is 4.82.